The third-order valence-corrected chi connectivity index (χ3v) is 2.36. The molecular weight excluding hydrogens is 234 g/mol. The summed E-state index contributed by atoms with van der Waals surface area (Å²) in [4.78, 5) is 13.1. The summed E-state index contributed by atoms with van der Waals surface area (Å²) in [6.45, 7) is 0.351. The highest BCUT2D eigenvalue weighted by Crippen LogP contribution is 2.08. The molecule has 0 aliphatic carbocycles. The third-order valence-electron chi connectivity index (χ3n) is 2.36. The first-order valence-electron chi connectivity index (χ1n) is 5.51. The maximum absolute atomic E-state index is 11.7. The molecule has 1 rings (SSSR count). The van der Waals surface area contributed by atoms with Gasteiger partial charge in [0.2, 0.25) is 0 Å². The van der Waals surface area contributed by atoms with Crippen LogP contribution in [0, 0.1) is 0 Å². The van der Waals surface area contributed by atoms with E-state index in [4.69, 9.17) is 15.7 Å². The Hall–Kier alpha value is -2.24. The molecule has 1 amide bonds. The normalized spacial score (nSPS) is 11.1. The van der Waals surface area contributed by atoms with Gasteiger partial charge < -0.3 is 20.6 Å². The number of amidine groups is 1. The van der Waals surface area contributed by atoms with Gasteiger partial charge in [0.15, 0.2) is 6.61 Å². The number of carbonyl (C=O) groups excluding carboxylic acids is 1. The van der Waals surface area contributed by atoms with Gasteiger partial charge in [-0.3, -0.25) is 4.79 Å². The Labute approximate surface area is 106 Å². The van der Waals surface area contributed by atoms with Crippen molar-refractivity contribution < 1.29 is 14.7 Å². The van der Waals surface area contributed by atoms with E-state index in [2.05, 4.69) is 5.16 Å². The molecule has 0 saturated carbocycles. The van der Waals surface area contributed by atoms with Crippen LogP contribution in [-0.2, 0) is 4.79 Å². The first-order chi connectivity index (χ1) is 8.63. The number of nitrogens with zero attached hydrogens (tertiary/aromatic N) is 2. The van der Waals surface area contributed by atoms with Crippen molar-refractivity contribution in [1.82, 2.24) is 4.90 Å². The molecule has 1 aromatic rings. The zero-order valence-corrected chi connectivity index (χ0v) is 10.2. The van der Waals surface area contributed by atoms with Crippen LogP contribution < -0.4 is 10.5 Å². The molecule has 98 valence electrons. The van der Waals surface area contributed by atoms with Gasteiger partial charge in [-0.15, -0.1) is 0 Å². The van der Waals surface area contributed by atoms with Crippen LogP contribution in [0.4, 0.5) is 0 Å². The first-order valence-corrected chi connectivity index (χ1v) is 5.51. The van der Waals surface area contributed by atoms with E-state index in [1.807, 2.05) is 18.2 Å². The molecule has 1 aromatic carbocycles. The van der Waals surface area contributed by atoms with E-state index in [9.17, 15) is 4.79 Å². The Bertz CT molecular complexity index is 406. The van der Waals surface area contributed by atoms with E-state index in [0.717, 1.165) is 0 Å². The fraction of sp³-hybridized carbons (Fsp3) is 0.333. The van der Waals surface area contributed by atoms with Crippen molar-refractivity contribution in [2.24, 2.45) is 10.9 Å². The van der Waals surface area contributed by atoms with Crippen molar-refractivity contribution in [3.63, 3.8) is 0 Å². The van der Waals surface area contributed by atoms with Crippen molar-refractivity contribution in [3.05, 3.63) is 30.3 Å². The minimum atomic E-state index is -0.162. The maximum Gasteiger partial charge on any atom is 0.260 e. The van der Waals surface area contributed by atoms with Crippen LogP contribution in [0.3, 0.4) is 0 Å². The lowest BCUT2D eigenvalue weighted by Crippen LogP contribution is -2.34. The van der Waals surface area contributed by atoms with E-state index in [0.29, 0.717) is 18.7 Å². The van der Waals surface area contributed by atoms with Crippen LogP contribution in [0.5, 0.6) is 5.75 Å². The Morgan fingerprint density at radius 3 is 2.72 bits per heavy atom. The van der Waals surface area contributed by atoms with E-state index < -0.39 is 0 Å². The predicted molar refractivity (Wildman–Crippen MR) is 67.6 cm³/mol. The minimum absolute atomic E-state index is 0.0311. The van der Waals surface area contributed by atoms with Crippen molar-refractivity contribution in [1.29, 1.82) is 0 Å². The summed E-state index contributed by atoms with van der Waals surface area (Å²) in [6, 6.07) is 9.11. The number of hydrogen-bond acceptors (Lipinski definition) is 4. The quantitative estimate of drug-likeness (QED) is 0.336. The highest BCUT2D eigenvalue weighted by molar-refractivity contribution is 5.81. The number of amides is 1. The molecule has 0 saturated heterocycles. The molecule has 0 spiro atoms. The first kappa shape index (κ1) is 13.8. The summed E-state index contributed by atoms with van der Waals surface area (Å²) in [5.74, 6) is 0.582. The number of ether oxygens (including phenoxy) is 1. The van der Waals surface area contributed by atoms with Crippen molar-refractivity contribution in [3.8, 4) is 5.75 Å². The summed E-state index contributed by atoms with van der Waals surface area (Å²) in [6.07, 6.45) is 0.323. The number of rotatable bonds is 6. The fourth-order valence-corrected chi connectivity index (χ4v) is 1.23. The molecule has 6 nitrogen and oxygen atoms in total. The molecule has 0 heterocycles. The summed E-state index contributed by atoms with van der Waals surface area (Å²) in [5.41, 5.74) is 5.32. The highest BCUT2D eigenvalue weighted by Gasteiger charge is 2.09. The summed E-state index contributed by atoms with van der Waals surface area (Å²) < 4.78 is 5.32. The SMILES string of the molecule is CN(CC/C(N)=N/O)C(=O)COc1ccccc1. The summed E-state index contributed by atoms with van der Waals surface area (Å²) in [5, 5.41) is 11.2. The van der Waals surface area contributed by atoms with Crippen LogP contribution in [-0.4, -0.2) is 42.0 Å². The van der Waals surface area contributed by atoms with E-state index in [-0.39, 0.29) is 18.3 Å². The van der Waals surface area contributed by atoms with Gasteiger partial charge in [-0.1, -0.05) is 23.4 Å². The van der Waals surface area contributed by atoms with Gasteiger partial charge in [-0.2, -0.15) is 0 Å². The average molecular weight is 251 g/mol. The fourth-order valence-electron chi connectivity index (χ4n) is 1.23. The van der Waals surface area contributed by atoms with Crippen LogP contribution in [0.25, 0.3) is 0 Å². The van der Waals surface area contributed by atoms with Gasteiger partial charge in [-0.25, -0.2) is 0 Å². The van der Waals surface area contributed by atoms with Crippen molar-refractivity contribution in [2.75, 3.05) is 20.2 Å². The molecule has 0 aliphatic heterocycles. The molecule has 0 radical (unpaired) electrons. The largest absolute Gasteiger partial charge is 0.484 e. The Morgan fingerprint density at radius 2 is 2.11 bits per heavy atom. The second-order valence-electron chi connectivity index (χ2n) is 3.76. The highest BCUT2D eigenvalue weighted by atomic mass is 16.5. The lowest BCUT2D eigenvalue weighted by atomic mass is 10.3. The van der Waals surface area contributed by atoms with Gasteiger partial charge in [-0.05, 0) is 12.1 Å². The monoisotopic (exact) mass is 251 g/mol. The van der Waals surface area contributed by atoms with Crippen LogP contribution >= 0.6 is 0 Å². The van der Waals surface area contributed by atoms with Crippen molar-refractivity contribution >= 4 is 11.7 Å². The lowest BCUT2D eigenvalue weighted by molar-refractivity contribution is -0.131. The predicted octanol–water partition coefficient (Wildman–Crippen LogP) is 0.660. The molecule has 6 heteroatoms. The lowest BCUT2D eigenvalue weighted by Gasteiger charge is -2.16. The number of carbonyl (C=O) groups is 1. The van der Waals surface area contributed by atoms with Gasteiger partial charge >= 0.3 is 0 Å². The van der Waals surface area contributed by atoms with Gasteiger partial charge in [0, 0.05) is 20.0 Å². The molecule has 18 heavy (non-hydrogen) atoms. The number of para-hydroxylation sites is 1. The third kappa shape index (κ3) is 4.73. The van der Waals surface area contributed by atoms with Gasteiger partial charge in [0.25, 0.3) is 5.91 Å². The molecule has 0 atom stereocenters. The van der Waals surface area contributed by atoms with Gasteiger partial charge in [0.1, 0.15) is 11.6 Å². The molecule has 0 bridgehead atoms. The van der Waals surface area contributed by atoms with E-state index >= 15 is 0 Å². The maximum atomic E-state index is 11.7. The topological polar surface area (TPSA) is 88.1 Å². The molecule has 0 unspecified atom stereocenters. The van der Waals surface area contributed by atoms with Crippen LogP contribution in [0.15, 0.2) is 35.5 Å². The average Bonchev–Trinajstić information content (AvgIpc) is 2.42. The molecule has 0 fully saturated rings. The number of nitrogens with two attached hydrogens (primary N) is 1. The molecule has 3 N–H and O–H groups in total. The standard InChI is InChI=1S/C12H17N3O3/c1-15(8-7-11(13)14-17)12(16)9-18-10-5-3-2-4-6-10/h2-6,17H,7-9H2,1H3,(H2,13,14). The minimum Gasteiger partial charge on any atom is -0.484 e. The zero-order valence-electron chi connectivity index (χ0n) is 10.2. The van der Waals surface area contributed by atoms with E-state index in [1.165, 1.54) is 4.90 Å². The number of benzene rings is 1. The Morgan fingerprint density at radius 1 is 1.44 bits per heavy atom. The van der Waals surface area contributed by atoms with Crippen LogP contribution in [0.2, 0.25) is 0 Å². The number of hydrogen-bond donors (Lipinski definition) is 2. The Kier molecular flexibility index (Phi) is 5.50. The number of oxime groups is 1. The van der Waals surface area contributed by atoms with Gasteiger partial charge in [0.05, 0.1) is 0 Å². The molecular formula is C12H17N3O3. The number of likely N-dealkylation sites (N-methyl/N-ethyl adjacent to an activating group) is 1. The summed E-state index contributed by atoms with van der Waals surface area (Å²) >= 11 is 0. The smallest absolute Gasteiger partial charge is 0.260 e. The zero-order chi connectivity index (χ0) is 13.4. The second-order valence-corrected chi connectivity index (χ2v) is 3.76. The molecule has 0 aromatic heterocycles. The summed E-state index contributed by atoms with van der Waals surface area (Å²) in [7, 11) is 1.64. The van der Waals surface area contributed by atoms with E-state index in [1.54, 1.807) is 19.2 Å². The molecule has 0 aliphatic rings. The van der Waals surface area contributed by atoms with Crippen LogP contribution in [0.1, 0.15) is 6.42 Å². The van der Waals surface area contributed by atoms with Crippen molar-refractivity contribution in [2.45, 2.75) is 6.42 Å². The Balaban J connectivity index is 2.32. The second kappa shape index (κ2) is 7.16.